The number of allylic oxidation sites excluding steroid dienone is 2. The number of hydrogen-bond donors (Lipinski definition) is 1. The summed E-state index contributed by atoms with van der Waals surface area (Å²) in [5.41, 5.74) is 2.84. The molecule has 0 saturated carbocycles. The zero-order valence-corrected chi connectivity index (χ0v) is 20.9. The highest BCUT2D eigenvalue weighted by atomic mass is 35.5. The van der Waals surface area contributed by atoms with Crippen molar-refractivity contribution in [2.45, 2.75) is 45.6 Å². The number of carboxylic acid groups (broad SMARTS) is 1. The first kappa shape index (κ1) is 23.3. The number of aliphatic carboxylic acids is 1. The smallest absolute Gasteiger partial charge is 0.344 e. The average molecular weight is 488 g/mol. The molecule has 168 valence electrons. The van der Waals surface area contributed by atoms with E-state index in [0.29, 0.717) is 20.9 Å². The third kappa shape index (κ3) is 3.87. The van der Waals surface area contributed by atoms with E-state index < -0.39 is 5.97 Å². The van der Waals surface area contributed by atoms with E-state index in [1.807, 2.05) is 24.3 Å². The fourth-order valence-electron chi connectivity index (χ4n) is 4.99. The highest BCUT2D eigenvalue weighted by Gasteiger charge is 2.50. The van der Waals surface area contributed by atoms with E-state index in [9.17, 15) is 9.90 Å². The molecule has 0 aromatic heterocycles. The predicted octanol–water partition coefficient (Wildman–Crippen LogP) is 7.87. The average Bonchev–Trinajstić information content (AvgIpc) is 3.09. The Bertz CT molecular complexity index is 1090. The number of fused-ring (bicyclic) bond motifs is 1. The third-order valence-corrected chi connectivity index (χ3v) is 8.49. The standard InChI is InChI=1S/C26H27Cl2NO2S/c1-15(2)22-23(25(30)31)32-21-14-5-16(3)26(4,18-8-12-20(28)13-9-18)24(29(21)22)17-6-10-19(27)11-7-17/h6-16,24H,5H2,1-4H3,(H,30,31)/t16?,24?,26-/m0/s1. The minimum Gasteiger partial charge on any atom is -0.477 e. The van der Waals surface area contributed by atoms with Gasteiger partial charge in [0.15, 0.2) is 0 Å². The van der Waals surface area contributed by atoms with Crippen molar-refractivity contribution < 1.29 is 9.90 Å². The van der Waals surface area contributed by atoms with Crippen molar-refractivity contribution in [2.75, 3.05) is 0 Å². The first-order chi connectivity index (χ1) is 15.1. The van der Waals surface area contributed by atoms with Crippen LogP contribution in [-0.4, -0.2) is 16.0 Å². The van der Waals surface area contributed by atoms with Crippen LogP contribution in [0.3, 0.4) is 0 Å². The summed E-state index contributed by atoms with van der Waals surface area (Å²) in [6.07, 6.45) is 3.05. The second-order valence-corrected chi connectivity index (χ2v) is 11.0. The van der Waals surface area contributed by atoms with Crippen molar-refractivity contribution in [3.05, 3.63) is 91.4 Å². The van der Waals surface area contributed by atoms with Gasteiger partial charge in [-0.2, -0.15) is 0 Å². The summed E-state index contributed by atoms with van der Waals surface area (Å²) in [6, 6.07) is 15.9. The van der Waals surface area contributed by atoms with Crippen molar-refractivity contribution in [3.63, 3.8) is 0 Å². The zero-order chi connectivity index (χ0) is 23.2. The molecule has 2 aromatic rings. The van der Waals surface area contributed by atoms with Crippen LogP contribution in [-0.2, 0) is 10.2 Å². The van der Waals surface area contributed by atoms with Crippen molar-refractivity contribution >= 4 is 40.9 Å². The quantitative estimate of drug-likeness (QED) is 0.475. The summed E-state index contributed by atoms with van der Waals surface area (Å²) in [5, 5.41) is 12.4. The van der Waals surface area contributed by atoms with E-state index in [4.69, 9.17) is 23.2 Å². The molecule has 2 unspecified atom stereocenters. The van der Waals surface area contributed by atoms with E-state index in [1.54, 1.807) is 0 Å². The third-order valence-electron chi connectivity index (χ3n) is 6.83. The van der Waals surface area contributed by atoms with Crippen LogP contribution in [0.4, 0.5) is 0 Å². The molecule has 0 fully saturated rings. The van der Waals surface area contributed by atoms with Crippen LogP contribution in [0, 0.1) is 11.8 Å². The van der Waals surface area contributed by atoms with E-state index in [2.05, 4.69) is 62.9 Å². The fourth-order valence-corrected chi connectivity index (χ4v) is 6.45. The van der Waals surface area contributed by atoms with E-state index in [0.717, 1.165) is 22.7 Å². The molecule has 6 heteroatoms. The van der Waals surface area contributed by atoms with Gasteiger partial charge in [0, 0.05) is 21.2 Å². The number of rotatable bonds is 4. The monoisotopic (exact) mass is 487 g/mol. The summed E-state index contributed by atoms with van der Waals surface area (Å²) in [6.45, 7) is 8.69. The number of carbonyl (C=O) groups is 1. The molecule has 1 N–H and O–H groups in total. The minimum atomic E-state index is -0.872. The van der Waals surface area contributed by atoms with Crippen LogP contribution in [0.5, 0.6) is 0 Å². The summed E-state index contributed by atoms with van der Waals surface area (Å²) < 4.78 is 0. The van der Waals surface area contributed by atoms with Gasteiger partial charge < -0.3 is 10.0 Å². The van der Waals surface area contributed by atoms with Gasteiger partial charge in [-0.3, -0.25) is 0 Å². The van der Waals surface area contributed by atoms with Gasteiger partial charge in [-0.25, -0.2) is 4.79 Å². The first-order valence-corrected chi connectivity index (χ1v) is 12.4. The van der Waals surface area contributed by atoms with Gasteiger partial charge in [0.25, 0.3) is 0 Å². The number of hydrogen-bond acceptors (Lipinski definition) is 3. The largest absolute Gasteiger partial charge is 0.477 e. The number of benzene rings is 2. The lowest BCUT2D eigenvalue weighted by Gasteiger charge is -2.47. The second-order valence-electron chi connectivity index (χ2n) is 9.07. The Morgan fingerprint density at radius 1 is 1.09 bits per heavy atom. The van der Waals surface area contributed by atoms with E-state index in [1.165, 1.54) is 17.3 Å². The minimum absolute atomic E-state index is 0.0529. The van der Waals surface area contributed by atoms with E-state index in [-0.39, 0.29) is 17.4 Å². The van der Waals surface area contributed by atoms with Crippen LogP contribution < -0.4 is 0 Å². The number of nitrogens with zero attached hydrogens (tertiary/aromatic N) is 1. The Hall–Kier alpha value is -1.88. The molecule has 2 aliphatic rings. The molecule has 3 atom stereocenters. The Morgan fingerprint density at radius 2 is 1.66 bits per heavy atom. The first-order valence-electron chi connectivity index (χ1n) is 10.8. The van der Waals surface area contributed by atoms with Gasteiger partial charge in [-0.1, -0.05) is 93.0 Å². The SMILES string of the molecule is CC(C)C1=C(C(=O)O)SC2=CCC(C)[C@@](C)(c3ccc(Cl)cc3)C(c3ccc(Cl)cc3)N21. The molecule has 0 bridgehead atoms. The molecule has 2 heterocycles. The van der Waals surface area contributed by atoms with Crippen LogP contribution in [0.2, 0.25) is 10.0 Å². The number of halogens is 2. The zero-order valence-electron chi connectivity index (χ0n) is 18.6. The highest BCUT2D eigenvalue weighted by molar-refractivity contribution is 8.07. The molecule has 2 aromatic carbocycles. The van der Waals surface area contributed by atoms with Crippen LogP contribution >= 0.6 is 35.0 Å². The van der Waals surface area contributed by atoms with Gasteiger partial charge in [0.05, 0.1) is 11.1 Å². The summed E-state index contributed by atoms with van der Waals surface area (Å²) >= 11 is 13.8. The van der Waals surface area contributed by atoms with Gasteiger partial charge in [-0.05, 0) is 53.6 Å². The lowest BCUT2D eigenvalue weighted by molar-refractivity contribution is -0.131. The Labute approximate surface area is 204 Å². The maximum Gasteiger partial charge on any atom is 0.344 e. The Morgan fingerprint density at radius 3 is 2.19 bits per heavy atom. The van der Waals surface area contributed by atoms with Crippen LogP contribution in [0.15, 0.2) is 70.2 Å². The normalized spacial score (nSPS) is 25.6. The molecule has 4 rings (SSSR count). The van der Waals surface area contributed by atoms with Crippen molar-refractivity contribution in [1.82, 2.24) is 4.90 Å². The lowest BCUT2D eigenvalue weighted by atomic mass is 9.64. The molecule has 3 nitrogen and oxygen atoms in total. The molecule has 0 aliphatic carbocycles. The number of carboxylic acids is 1. The van der Waals surface area contributed by atoms with Gasteiger partial charge in [0.1, 0.15) is 4.91 Å². The maximum atomic E-state index is 12.2. The van der Waals surface area contributed by atoms with Crippen molar-refractivity contribution in [2.24, 2.45) is 11.8 Å². The fraction of sp³-hybridized carbons (Fsp3) is 0.346. The molecule has 0 saturated heterocycles. The highest BCUT2D eigenvalue weighted by Crippen LogP contribution is 2.58. The van der Waals surface area contributed by atoms with Gasteiger partial charge in [0.2, 0.25) is 0 Å². The van der Waals surface area contributed by atoms with Crippen molar-refractivity contribution in [1.29, 1.82) is 0 Å². The Kier molecular flexibility index (Phi) is 6.41. The van der Waals surface area contributed by atoms with Crippen molar-refractivity contribution in [3.8, 4) is 0 Å². The van der Waals surface area contributed by atoms with Gasteiger partial charge >= 0.3 is 5.97 Å². The molecule has 0 spiro atoms. The summed E-state index contributed by atoms with van der Waals surface area (Å²) in [5.74, 6) is -0.523. The molecule has 2 aliphatic heterocycles. The maximum absolute atomic E-state index is 12.2. The predicted molar refractivity (Wildman–Crippen MR) is 134 cm³/mol. The van der Waals surface area contributed by atoms with E-state index >= 15 is 0 Å². The molecular formula is C26H27Cl2NO2S. The summed E-state index contributed by atoms with van der Waals surface area (Å²) in [7, 11) is 0. The Balaban J connectivity index is 2.01. The number of thioether (sulfide) groups is 1. The van der Waals surface area contributed by atoms with Gasteiger partial charge in [-0.15, -0.1) is 0 Å². The molecule has 0 amide bonds. The van der Waals surface area contributed by atoms with Crippen LogP contribution in [0.1, 0.15) is 51.3 Å². The lowest BCUT2D eigenvalue weighted by Crippen LogP contribution is -2.44. The molecule has 32 heavy (non-hydrogen) atoms. The topological polar surface area (TPSA) is 40.5 Å². The molecule has 0 radical (unpaired) electrons. The summed E-state index contributed by atoms with van der Waals surface area (Å²) in [4.78, 5) is 14.9. The van der Waals surface area contributed by atoms with Crippen LogP contribution in [0.25, 0.3) is 0 Å². The molecular weight excluding hydrogens is 461 g/mol. The second kappa shape index (κ2) is 8.81.